The van der Waals surface area contributed by atoms with E-state index in [1.165, 1.54) is 0 Å². The molecule has 0 bridgehead atoms. The maximum Gasteiger partial charge on any atom is 0.249 e. The number of ether oxygens (including phenoxy) is 1. The van der Waals surface area contributed by atoms with Crippen LogP contribution in [-0.2, 0) is 14.3 Å². The van der Waals surface area contributed by atoms with E-state index in [0.29, 0.717) is 19.5 Å². The average Bonchev–Trinajstić information content (AvgIpc) is 2.97. The minimum Gasteiger partial charge on any atom is -0.364 e. The molecule has 0 aliphatic carbocycles. The van der Waals surface area contributed by atoms with Crippen LogP contribution >= 0.6 is 12.4 Å². The van der Waals surface area contributed by atoms with Crippen LogP contribution in [0, 0.1) is 0 Å². The molecule has 4 N–H and O–H groups in total. The molecule has 1 aromatic rings. The molecule has 1 heterocycles. The Hall–Kier alpha value is -1.63. The zero-order valence-corrected chi connectivity index (χ0v) is 13.1. The van der Waals surface area contributed by atoms with Crippen LogP contribution in [-0.4, -0.2) is 37.1 Å². The summed E-state index contributed by atoms with van der Waals surface area (Å²) in [6, 6.07) is 9.21. The molecule has 0 aromatic heterocycles. The van der Waals surface area contributed by atoms with Crippen molar-refractivity contribution in [1.29, 1.82) is 0 Å². The molecule has 22 heavy (non-hydrogen) atoms. The first-order chi connectivity index (χ1) is 10.2. The monoisotopic (exact) mass is 327 g/mol. The van der Waals surface area contributed by atoms with Crippen LogP contribution in [0.1, 0.15) is 19.3 Å². The van der Waals surface area contributed by atoms with Crippen molar-refractivity contribution in [3.63, 3.8) is 0 Å². The molecule has 0 unspecified atom stereocenters. The molecule has 0 saturated carbocycles. The second kappa shape index (κ2) is 9.40. The zero-order chi connectivity index (χ0) is 15.1. The Morgan fingerprint density at radius 2 is 1.95 bits per heavy atom. The van der Waals surface area contributed by atoms with Crippen LogP contribution in [0.25, 0.3) is 0 Å². The number of rotatable bonds is 6. The number of carbonyl (C=O) groups is 2. The molecule has 2 amide bonds. The first-order valence-electron chi connectivity index (χ1n) is 7.17. The molecule has 2 rings (SSSR count). The molecule has 7 heteroatoms. The lowest BCUT2D eigenvalue weighted by Gasteiger charge is -2.12. The maximum atomic E-state index is 11.8. The molecule has 1 aliphatic rings. The summed E-state index contributed by atoms with van der Waals surface area (Å²) in [6.07, 6.45) is 1.26. The summed E-state index contributed by atoms with van der Waals surface area (Å²) in [4.78, 5) is 23.5. The lowest BCUT2D eigenvalue weighted by molar-refractivity contribution is -0.131. The van der Waals surface area contributed by atoms with Gasteiger partial charge in [0.1, 0.15) is 6.10 Å². The molecule has 6 nitrogen and oxygen atoms in total. The SMILES string of the molecule is Cl.NC[C@H]1CC[C@@H](C(=O)NCCC(=O)Nc2ccccc2)O1. The number of amides is 2. The molecule has 1 fully saturated rings. The van der Waals surface area contributed by atoms with Gasteiger partial charge in [-0.2, -0.15) is 0 Å². The molecule has 2 atom stereocenters. The van der Waals surface area contributed by atoms with E-state index >= 15 is 0 Å². The molecular formula is C15H22ClN3O3. The summed E-state index contributed by atoms with van der Waals surface area (Å²) in [7, 11) is 0. The normalized spacial score (nSPS) is 20.0. The Bertz CT molecular complexity index is 484. The van der Waals surface area contributed by atoms with Crippen molar-refractivity contribution in [1.82, 2.24) is 5.32 Å². The van der Waals surface area contributed by atoms with Gasteiger partial charge in [0.2, 0.25) is 11.8 Å². The van der Waals surface area contributed by atoms with Gasteiger partial charge >= 0.3 is 0 Å². The fourth-order valence-corrected chi connectivity index (χ4v) is 2.23. The van der Waals surface area contributed by atoms with Gasteiger partial charge in [0.15, 0.2) is 0 Å². The summed E-state index contributed by atoms with van der Waals surface area (Å²) < 4.78 is 5.49. The smallest absolute Gasteiger partial charge is 0.249 e. The van der Waals surface area contributed by atoms with Gasteiger partial charge in [0.05, 0.1) is 6.10 Å². The van der Waals surface area contributed by atoms with E-state index in [4.69, 9.17) is 10.5 Å². The van der Waals surface area contributed by atoms with Crippen molar-refractivity contribution in [3.8, 4) is 0 Å². The Balaban J connectivity index is 0.00000242. The Labute approximate surface area is 136 Å². The molecule has 122 valence electrons. The summed E-state index contributed by atoms with van der Waals surface area (Å²) in [5.74, 6) is -0.299. The highest BCUT2D eigenvalue weighted by Crippen LogP contribution is 2.18. The number of nitrogens with two attached hydrogens (primary N) is 1. The van der Waals surface area contributed by atoms with E-state index < -0.39 is 6.10 Å². The van der Waals surface area contributed by atoms with Crippen molar-refractivity contribution < 1.29 is 14.3 Å². The number of hydrogen-bond donors (Lipinski definition) is 3. The van der Waals surface area contributed by atoms with Crippen LogP contribution in [0.15, 0.2) is 30.3 Å². The van der Waals surface area contributed by atoms with Crippen molar-refractivity contribution >= 4 is 29.9 Å². The largest absolute Gasteiger partial charge is 0.364 e. The molecule has 1 aromatic carbocycles. The number of hydrogen-bond acceptors (Lipinski definition) is 4. The number of halogens is 1. The minimum atomic E-state index is -0.435. The number of nitrogens with one attached hydrogen (secondary N) is 2. The number of anilines is 1. The van der Waals surface area contributed by atoms with Crippen LogP contribution in [0.2, 0.25) is 0 Å². The Morgan fingerprint density at radius 1 is 1.23 bits per heavy atom. The second-order valence-electron chi connectivity index (χ2n) is 5.02. The summed E-state index contributed by atoms with van der Waals surface area (Å²) in [5, 5.41) is 5.48. The fourth-order valence-electron chi connectivity index (χ4n) is 2.23. The first kappa shape index (κ1) is 18.4. The number of benzene rings is 1. The third-order valence-electron chi connectivity index (χ3n) is 3.37. The van der Waals surface area contributed by atoms with Gasteiger partial charge in [-0.15, -0.1) is 12.4 Å². The molecule has 1 aliphatic heterocycles. The lowest BCUT2D eigenvalue weighted by Crippen LogP contribution is -2.37. The van der Waals surface area contributed by atoms with E-state index in [0.717, 1.165) is 12.1 Å². The molecule has 0 spiro atoms. The third-order valence-corrected chi connectivity index (χ3v) is 3.37. The zero-order valence-electron chi connectivity index (χ0n) is 12.3. The van der Waals surface area contributed by atoms with Crippen molar-refractivity contribution in [3.05, 3.63) is 30.3 Å². The van der Waals surface area contributed by atoms with Crippen LogP contribution in [0.3, 0.4) is 0 Å². The van der Waals surface area contributed by atoms with Gasteiger partial charge in [-0.25, -0.2) is 0 Å². The van der Waals surface area contributed by atoms with Crippen LogP contribution < -0.4 is 16.4 Å². The standard InChI is InChI=1S/C15H21N3O3.ClH/c16-10-12-6-7-13(21-12)15(20)17-9-8-14(19)18-11-4-2-1-3-5-11;/h1-5,12-13H,6-10,16H2,(H,17,20)(H,18,19);1H/t12-,13+;/m1./s1. The highest BCUT2D eigenvalue weighted by molar-refractivity contribution is 5.91. The predicted octanol–water partition coefficient (Wildman–Crippen LogP) is 1.06. The van der Waals surface area contributed by atoms with Gasteiger partial charge < -0.3 is 21.1 Å². The third kappa shape index (κ3) is 5.63. The quantitative estimate of drug-likeness (QED) is 0.728. The second-order valence-corrected chi connectivity index (χ2v) is 5.02. The molecule has 0 radical (unpaired) electrons. The maximum absolute atomic E-state index is 11.8. The number of para-hydroxylation sites is 1. The summed E-state index contributed by atoms with van der Waals surface area (Å²) >= 11 is 0. The van der Waals surface area contributed by atoms with Crippen molar-refractivity contribution in [2.45, 2.75) is 31.5 Å². The van der Waals surface area contributed by atoms with E-state index in [-0.39, 0.29) is 36.7 Å². The van der Waals surface area contributed by atoms with Gasteiger partial charge in [-0.3, -0.25) is 9.59 Å². The highest BCUT2D eigenvalue weighted by atomic mass is 35.5. The first-order valence-corrected chi connectivity index (χ1v) is 7.17. The van der Waals surface area contributed by atoms with Gasteiger partial charge in [0, 0.05) is 25.2 Å². The Morgan fingerprint density at radius 3 is 2.59 bits per heavy atom. The minimum absolute atomic E-state index is 0. The van der Waals surface area contributed by atoms with Crippen molar-refractivity contribution in [2.75, 3.05) is 18.4 Å². The Kier molecular flexibility index (Phi) is 7.87. The van der Waals surface area contributed by atoms with Crippen molar-refractivity contribution in [2.24, 2.45) is 5.73 Å². The van der Waals surface area contributed by atoms with Crippen LogP contribution in [0.5, 0.6) is 0 Å². The molecular weight excluding hydrogens is 306 g/mol. The van der Waals surface area contributed by atoms with E-state index in [1.807, 2.05) is 30.3 Å². The highest BCUT2D eigenvalue weighted by Gasteiger charge is 2.29. The van der Waals surface area contributed by atoms with Gasteiger partial charge in [-0.05, 0) is 25.0 Å². The average molecular weight is 328 g/mol. The topological polar surface area (TPSA) is 93.5 Å². The van der Waals surface area contributed by atoms with E-state index in [9.17, 15) is 9.59 Å². The number of carbonyl (C=O) groups excluding carboxylic acids is 2. The van der Waals surface area contributed by atoms with Gasteiger partial charge in [-0.1, -0.05) is 18.2 Å². The lowest BCUT2D eigenvalue weighted by atomic mass is 10.2. The summed E-state index contributed by atoms with van der Waals surface area (Å²) in [6.45, 7) is 0.730. The fraction of sp³-hybridized carbons (Fsp3) is 0.467. The predicted molar refractivity (Wildman–Crippen MR) is 86.9 cm³/mol. The summed E-state index contributed by atoms with van der Waals surface area (Å²) in [5.41, 5.74) is 6.25. The van der Waals surface area contributed by atoms with Crippen LogP contribution in [0.4, 0.5) is 5.69 Å². The van der Waals surface area contributed by atoms with E-state index in [2.05, 4.69) is 10.6 Å². The van der Waals surface area contributed by atoms with E-state index in [1.54, 1.807) is 0 Å². The molecule has 1 saturated heterocycles. The van der Waals surface area contributed by atoms with Gasteiger partial charge in [0.25, 0.3) is 0 Å².